The maximum Gasteiger partial charge on any atom is 0.0834 e. The molecule has 0 amide bonds. The lowest BCUT2D eigenvalue weighted by atomic mass is 9.99. The van der Waals surface area contributed by atoms with E-state index < -0.39 is 0 Å². The van der Waals surface area contributed by atoms with Gasteiger partial charge in [-0.2, -0.15) is 5.10 Å². The summed E-state index contributed by atoms with van der Waals surface area (Å²) in [7, 11) is 0. The van der Waals surface area contributed by atoms with Gasteiger partial charge in [-0.25, -0.2) is 0 Å². The fourth-order valence-corrected chi connectivity index (χ4v) is 3.22. The number of aromatic nitrogens is 2. The molecular weight excluding hydrogens is 286 g/mol. The number of nitrogens with one attached hydrogen (secondary N) is 1. The highest BCUT2D eigenvalue weighted by molar-refractivity contribution is 6.31. The SMILES string of the molecule is CCCNC(CC1CCCCO1)c1c(Cl)cnn1C(C)C. The van der Waals surface area contributed by atoms with Crippen LogP contribution >= 0.6 is 11.6 Å². The Morgan fingerprint density at radius 1 is 1.48 bits per heavy atom. The number of rotatable bonds is 7. The zero-order valence-electron chi connectivity index (χ0n) is 13.4. The van der Waals surface area contributed by atoms with Gasteiger partial charge in [0.25, 0.3) is 0 Å². The molecule has 2 unspecified atom stereocenters. The van der Waals surface area contributed by atoms with Crippen molar-refractivity contribution in [2.75, 3.05) is 13.2 Å². The van der Waals surface area contributed by atoms with Crippen LogP contribution in [0.15, 0.2) is 6.20 Å². The van der Waals surface area contributed by atoms with Crippen LogP contribution in [0.2, 0.25) is 5.02 Å². The molecule has 1 fully saturated rings. The molecular formula is C16H28ClN3O. The van der Waals surface area contributed by atoms with Crippen LogP contribution < -0.4 is 5.32 Å². The average Bonchev–Trinajstić information content (AvgIpc) is 2.86. The van der Waals surface area contributed by atoms with Crippen molar-refractivity contribution >= 4 is 11.6 Å². The Labute approximate surface area is 133 Å². The number of nitrogens with zero attached hydrogens (tertiary/aromatic N) is 2. The predicted molar refractivity (Wildman–Crippen MR) is 86.9 cm³/mol. The van der Waals surface area contributed by atoms with Gasteiger partial charge >= 0.3 is 0 Å². The fourth-order valence-electron chi connectivity index (χ4n) is 2.95. The van der Waals surface area contributed by atoms with Crippen LogP contribution in [0, 0.1) is 0 Å². The maximum absolute atomic E-state index is 6.42. The molecule has 1 N–H and O–H groups in total. The van der Waals surface area contributed by atoms with Gasteiger partial charge in [0.05, 0.1) is 29.1 Å². The first kappa shape index (κ1) is 16.8. The van der Waals surface area contributed by atoms with E-state index in [0.717, 1.165) is 43.1 Å². The second-order valence-electron chi connectivity index (χ2n) is 6.15. The summed E-state index contributed by atoms with van der Waals surface area (Å²) in [5.74, 6) is 0. The second kappa shape index (κ2) is 8.16. The monoisotopic (exact) mass is 313 g/mol. The smallest absolute Gasteiger partial charge is 0.0834 e. The summed E-state index contributed by atoms with van der Waals surface area (Å²) in [4.78, 5) is 0. The molecule has 0 aromatic carbocycles. The predicted octanol–water partition coefficient (Wildman–Crippen LogP) is 4.12. The average molecular weight is 314 g/mol. The quantitative estimate of drug-likeness (QED) is 0.823. The third-order valence-electron chi connectivity index (χ3n) is 4.02. The lowest BCUT2D eigenvalue weighted by Crippen LogP contribution is -2.31. The molecule has 0 saturated carbocycles. The molecule has 21 heavy (non-hydrogen) atoms. The Bertz CT molecular complexity index is 427. The van der Waals surface area contributed by atoms with Gasteiger partial charge in [-0.3, -0.25) is 4.68 Å². The minimum atomic E-state index is 0.213. The van der Waals surface area contributed by atoms with E-state index in [1.54, 1.807) is 6.20 Å². The minimum Gasteiger partial charge on any atom is -0.378 e. The molecule has 1 aliphatic rings. The van der Waals surface area contributed by atoms with Crippen LogP contribution in [-0.4, -0.2) is 29.0 Å². The summed E-state index contributed by atoms with van der Waals surface area (Å²) in [5, 5.41) is 8.83. The van der Waals surface area contributed by atoms with E-state index in [1.807, 2.05) is 4.68 Å². The number of ether oxygens (including phenoxy) is 1. The summed E-state index contributed by atoms with van der Waals surface area (Å²) < 4.78 is 7.95. The topological polar surface area (TPSA) is 39.1 Å². The highest BCUT2D eigenvalue weighted by Crippen LogP contribution is 2.31. The van der Waals surface area contributed by atoms with Crippen molar-refractivity contribution in [3.8, 4) is 0 Å². The molecule has 0 spiro atoms. The van der Waals surface area contributed by atoms with Crippen molar-refractivity contribution in [2.45, 2.75) is 71.1 Å². The van der Waals surface area contributed by atoms with Crippen molar-refractivity contribution in [3.05, 3.63) is 16.9 Å². The molecule has 2 heterocycles. The van der Waals surface area contributed by atoms with Crippen molar-refractivity contribution in [1.82, 2.24) is 15.1 Å². The normalized spacial score (nSPS) is 20.9. The summed E-state index contributed by atoms with van der Waals surface area (Å²) in [6.07, 6.45) is 7.78. The molecule has 0 radical (unpaired) electrons. The third kappa shape index (κ3) is 4.44. The van der Waals surface area contributed by atoms with Gasteiger partial charge in [-0.05, 0) is 52.5 Å². The second-order valence-corrected chi connectivity index (χ2v) is 6.55. The summed E-state index contributed by atoms with van der Waals surface area (Å²) >= 11 is 6.42. The molecule has 0 aliphatic carbocycles. The van der Waals surface area contributed by atoms with Crippen LogP contribution in [0.3, 0.4) is 0 Å². The van der Waals surface area contributed by atoms with E-state index in [1.165, 1.54) is 12.8 Å². The fraction of sp³-hybridized carbons (Fsp3) is 0.812. The van der Waals surface area contributed by atoms with Crippen molar-refractivity contribution in [1.29, 1.82) is 0 Å². The molecule has 2 rings (SSSR count). The molecule has 0 bridgehead atoms. The Kier molecular flexibility index (Phi) is 6.52. The standard InChI is InChI=1S/C16H28ClN3O/c1-4-8-18-15(10-13-7-5-6-9-21-13)16-14(17)11-19-20(16)12(2)3/h11-13,15,18H,4-10H2,1-3H3. The van der Waals surface area contributed by atoms with Crippen molar-refractivity contribution < 1.29 is 4.74 Å². The number of hydrogen-bond donors (Lipinski definition) is 1. The van der Waals surface area contributed by atoms with E-state index in [4.69, 9.17) is 16.3 Å². The molecule has 1 aliphatic heterocycles. The van der Waals surface area contributed by atoms with Crippen molar-refractivity contribution in [2.24, 2.45) is 0 Å². The van der Waals surface area contributed by atoms with E-state index in [-0.39, 0.29) is 6.04 Å². The molecule has 1 saturated heterocycles. The molecule has 4 nitrogen and oxygen atoms in total. The highest BCUT2D eigenvalue weighted by Gasteiger charge is 2.26. The highest BCUT2D eigenvalue weighted by atomic mass is 35.5. The van der Waals surface area contributed by atoms with Gasteiger partial charge in [-0.1, -0.05) is 18.5 Å². The zero-order valence-corrected chi connectivity index (χ0v) is 14.2. The lowest BCUT2D eigenvalue weighted by Gasteiger charge is -2.29. The first-order valence-corrected chi connectivity index (χ1v) is 8.59. The summed E-state index contributed by atoms with van der Waals surface area (Å²) in [5.41, 5.74) is 1.11. The Morgan fingerprint density at radius 2 is 2.29 bits per heavy atom. The maximum atomic E-state index is 6.42. The summed E-state index contributed by atoms with van der Waals surface area (Å²) in [6, 6.07) is 0.524. The van der Waals surface area contributed by atoms with Gasteiger partial charge < -0.3 is 10.1 Å². The van der Waals surface area contributed by atoms with Crippen LogP contribution in [0.4, 0.5) is 0 Å². The molecule has 2 atom stereocenters. The number of halogens is 1. The lowest BCUT2D eigenvalue weighted by molar-refractivity contribution is 0.00447. The van der Waals surface area contributed by atoms with Crippen LogP contribution in [-0.2, 0) is 4.74 Å². The number of hydrogen-bond acceptors (Lipinski definition) is 3. The zero-order chi connectivity index (χ0) is 15.2. The van der Waals surface area contributed by atoms with Crippen LogP contribution in [0.1, 0.15) is 70.7 Å². The van der Waals surface area contributed by atoms with E-state index >= 15 is 0 Å². The first-order chi connectivity index (χ1) is 10.1. The first-order valence-electron chi connectivity index (χ1n) is 8.21. The molecule has 120 valence electrons. The van der Waals surface area contributed by atoms with Gasteiger partial charge in [0.2, 0.25) is 0 Å². The van der Waals surface area contributed by atoms with Crippen molar-refractivity contribution in [3.63, 3.8) is 0 Å². The van der Waals surface area contributed by atoms with E-state index in [2.05, 4.69) is 31.2 Å². The molecule has 1 aromatic heterocycles. The molecule has 1 aromatic rings. The van der Waals surface area contributed by atoms with E-state index in [0.29, 0.717) is 12.1 Å². The third-order valence-corrected chi connectivity index (χ3v) is 4.31. The van der Waals surface area contributed by atoms with Gasteiger partial charge in [-0.15, -0.1) is 0 Å². The molecule has 5 heteroatoms. The minimum absolute atomic E-state index is 0.213. The Morgan fingerprint density at radius 3 is 2.90 bits per heavy atom. The van der Waals surface area contributed by atoms with E-state index in [9.17, 15) is 0 Å². The summed E-state index contributed by atoms with van der Waals surface area (Å²) in [6.45, 7) is 8.34. The van der Waals surface area contributed by atoms with Crippen LogP contribution in [0.25, 0.3) is 0 Å². The Balaban J connectivity index is 2.16. The van der Waals surface area contributed by atoms with Gasteiger partial charge in [0, 0.05) is 12.6 Å². The van der Waals surface area contributed by atoms with Gasteiger partial charge in [0.15, 0.2) is 0 Å². The largest absolute Gasteiger partial charge is 0.378 e. The Hall–Kier alpha value is -0.580. The van der Waals surface area contributed by atoms with Gasteiger partial charge in [0.1, 0.15) is 0 Å². The van der Waals surface area contributed by atoms with Crippen LogP contribution in [0.5, 0.6) is 0 Å².